The average Bonchev–Trinajstić information content (AvgIpc) is 3.86. The third-order valence-electron chi connectivity index (χ3n) is 10.3. The summed E-state index contributed by atoms with van der Waals surface area (Å²) in [6.07, 6.45) is -19.5. The van der Waals surface area contributed by atoms with Gasteiger partial charge >= 0.3 is 36.8 Å². The fraction of sp³-hybridized carbons (Fsp3) is 0.438. The molecule has 0 saturated heterocycles. The van der Waals surface area contributed by atoms with Gasteiger partial charge < -0.3 is 29.6 Å². The quantitative estimate of drug-likeness (QED) is 0.113. The van der Waals surface area contributed by atoms with E-state index >= 15 is 0 Å². The molecule has 1 aliphatic heterocycles. The molecule has 384 valence electrons. The van der Waals surface area contributed by atoms with E-state index in [9.17, 15) is 67.1 Å². The third kappa shape index (κ3) is 16.4. The lowest BCUT2D eigenvalue weighted by Crippen LogP contribution is -2.46. The first-order valence-corrected chi connectivity index (χ1v) is 21.2. The highest BCUT2D eigenvalue weighted by Gasteiger charge is 2.40. The number of benzene rings is 4. The van der Waals surface area contributed by atoms with E-state index < -0.39 is 101 Å². The number of halogens is 13. The zero-order chi connectivity index (χ0) is 51.5. The molecule has 9 nitrogen and oxygen atoms in total. The molecule has 2 aliphatic rings. The lowest BCUT2D eigenvalue weighted by atomic mass is 9.91. The zero-order valence-corrected chi connectivity index (χ0v) is 39.2. The lowest BCUT2D eigenvalue weighted by molar-refractivity contribution is -0.156. The average molecular weight is 1030 g/mol. The Morgan fingerprint density at radius 3 is 1.49 bits per heavy atom. The Morgan fingerprint density at radius 1 is 0.600 bits per heavy atom. The molecular formula is C48H49ClF12N2O7. The van der Waals surface area contributed by atoms with Crippen molar-refractivity contribution in [3.8, 4) is 11.5 Å². The van der Waals surface area contributed by atoms with Gasteiger partial charge in [-0.3, -0.25) is 9.59 Å². The maximum absolute atomic E-state index is 13.6. The lowest BCUT2D eigenvalue weighted by Gasteiger charge is -2.26. The van der Waals surface area contributed by atoms with Crippen molar-refractivity contribution in [3.63, 3.8) is 0 Å². The molecule has 22 heteroatoms. The number of hydrogen-bond donors (Lipinski definition) is 2. The minimum atomic E-state index is -4.98. The van der Waals surface area contributed by atoms with Crippen LogP contribution in [0.5, 0.6) is 11.5 Å². The van der Waals surface area contributed by atoms with Crippen molar-refractivity contribution in [2.75, 3.05) is 11.9 Å². The van der Waals surface area contributed by atoms with E-state index in [0.717, 1.165) is 24.2 Å². The van der Waals surface area contributed by atoms with Crippen LogP contribution >= 0.6 is 12.4 Å². The number of carbonyl (C=O) groups excluding carboxylic acids is 3. The highest BCUT2D eigenvalue weighted by atomic mass is 35.5. The number of carbonyl (C=O) groups is 3. The number of amides is 1. The summed E-state index contributed by atoms with van der Waals surface area (Å²) < 4.78 is 178. The number of esters is 1. The first-order valence-electron chi connectivity index (χ1n) is 21.2. The molecule has 1 amide bonds. The molecule has 6 rings (SSSR count). The van der Waals surface area contributed by atoms with Crippen LogP contribution in [0.4, 0.5) is 63.2 Å². The standard InChI is InChI=1S/C31H35F6NO6.C17H13F6NO.ClH/c1-28(2,3)43-25(39)15-24(38-27(41)44-29(4,5)6)26(40)23-9-7-18-13-21(8-10-22(18)23)42-16-17-11-19(30(32,33)34)14-20(12-17)31(35,36)37;18-16(19,20)12-5-10(6-13(8-12)17(21,22)23)9-25-14-1-2-15-11(7-14)3-4-24-15;/h8,10-14,23-24H,7,9,15-16H2,1-6H3,(H,38,41);1-2,5-8,24H,3-4,9H2;1H/t23?,24-;;/m1../s1. The van der Waals surface area contributed by atoms with Crippen molar-refractivity contribution < 1.29 is 86.0 Å². The highest BCUT2D eigenvalue weighted by molar-refractivity contribution is 5.96. The van der Waals surface area contributed by atoms with Gasteiger partial charge in [0.25, 0.3) is 0 Å². The van der Waals surface area contributed by atoms with Crippen LogP contribution in [0.3, 0.4) is 0 Å². The van der Waals surface area contributed by atoms with E-state index in [1.54, 1.807) is 71.9 Å². The molecule has 2 N–H and O–H groups in total. The summed E-state index contributed by atoms with van der Waals surface area (Å²) in [5.74, 6) is -1.28. The maximum Gasteiger partial charge on any atom is 0.416 e. The van der Waals surface area contributed by atoms with Gasteiger partial charge in [0, 0.05) is 18.2 Å². The van der Waals surface area contributed by atoms with Crippen LogP contribution in [-0.2, 0) is 69.8 Å². The van der Waals surface area contributed by atoms with Crippen LogP contribution in [0.15, 0.2) is 72.8 Å². The van der Waals surface area contributed by atoms with Gasteiger partial charge in [-0.2, -0.15) is 52.7 Å². The number of hydrogen-bond acceptors (Lipinski definition) is 8. The van der Waals surface area contributed by atoms with E-state index in [0.29, 0.717) is 54.0 Å². The summed E-state index contributed by atoms with van der Waals surface area (Å²) >= 11 is 0. The molecule has 70 heavy (non-hydrogen) atoms. The Kier molecular flexibility index (Phi) is 17.5. The SMILES string of the molecule is CC(C)(C)OC(=O)C[C@@H](NC(=O)OC(C)(C)C)C(=O)C1CCc2cc(OCc3cc(C(F)(F)F)cc(C(F)(F)F)c3)ccc21.Cl.FC(F)(F)c1cc(COc2ccc3c(c2)CCN3)cc(C(F)(F)F)c1. The number of ether oxygens (including phenoxy) is 4. The molecule has 0 spiro atoms. The fourth-order valence-electron chi connectivity index (χ4n) is 7.35. The molecule has 1 aliphatic carbocycles. The van der Waals surface area contributed by atoms with Crippen LogP contribution in [0.2, 0.25) is 0 Å². The molecule has 1 unspecified atom stereocenters. The normalized spacial score (nSPS) is 15.2. The molecule has 4 aromatic carbocycles. The van der Waals surface area contributed by atoms with E-state index in [2.05, 4.69) is 10.6 Å². The smallest absolute Gasteiger partial charge is 0.416 e. The zero-order valence-electron chi connectivity index (χ0n) is 38.3. The first kappa shape index (κ1) is 56.7. The first-order chi connectivity index (χ1) is 31.6. The van der Waals surface area contributed by atoms with E-state index in [1.165, 1.54) is 6.07 Å². The number of rotatable bonds is 11. The van der Waals surface area contributed by atoms with Gasteiger partial charge in [0.15, 0.2) is 5.78 Å². The second-order valence-corrected chi connectivity index (χ2v) is 18.2. The van der Waals surface area contributed by atoms with Crippen molar-refractivity contribution >= 4 is 35.9 Å². The van der Waals surface area contributed by atoms with Crippen LogP contribution in [0, 0.1) is 0 Å². The maximum atomic E-state index is 13.6. The number of anilines is 1. The third-order valence-corrected chi connectivity index (χ3v) is 10.3. The summed E-state index contributed by atoms with van der Waals surface area (Å²) in [6, 6.07) is 11.1. The topological polar surface area (TPSA) is 112 Å². The van der Waals surface area contributed by atoms with Gasteiger partial charge in [-0.05, 0) is 155 Å². The number of Topliss-reactive ketones (excluding diaryl/α,β-unsaturated/α-hetero) is 1. The van der Waals surface area contributed by atoms with Crippen LogP contribution in [0.25, 0.3) is 0 Å². The molecule has 0 saturated carbocycles. The van der Waals surface area contributed by atoms with Gasteiger partial charge in [-0.15, -0.1) is 12.4 Å². The molecular weight excluding hydrogens is 980 g/mol. The molecule has 0 fully saturated rings. The number of aryl methyl sites for hydroxylation is 1. The van der Waals surface area contributed by atoms with Gasteiger partial charge in [-0.25, -0.2) is 4.79 Å². The second kappa shape index (κ2) is 21.6. The van der Waals surface area contributed by atoms with Gasteiger partial charge in [0.05, 0.1) is 28.7 Å². The van der Waals surface area contributed by atoms with Crippen molar-refractivity contribution in [1.29, 1.82) is 0 Å². The summed E-state index contributed by atoms with van der Waals surface area (Å²) in [4.78, 5) is 38.7. The summed E-state index contributed by atoms with van der Waals surface area (Å²) in [5.41, 5.74) is -4.56. The minimum absolute atomic E-state index is 0. The fourth-order valence-corrected chi connectivity index (χ4v) is 7.35. The molecule has 1 heterocycles. The van der Waals surface area contributed by atoms with Crippen LogP contribution < -0.4 is 20.1 Å². The molecule has 0 aromatic heterocycles. The Bertz CT molecular complexity index is 2420. The van der Waals surface area contributed by atoms with Crippen molar-refractivity contribution in [3.05, 3.63) is 123 Å². The number of fused-ring (bicyclic) bond motifs is 2. The predicted molar refractivity (Wildman–Crippen MR) is 234 cm³/mol. The minimum Gasteiger partial charge on any atom is -0.489 e. The largest absolute Gasteiger partial charge is 0.489 e. The van der Waals surface area contributed by atoms with E-state index in [1.807, 2.05) is 0 Å². The highest BCUT2D eigenvalue weighted by Crippen LogP contribution is 2.40. The van der Waals surface area contributed by atoms with E-state index in [-0.39, 0.29) is 48.0 Å². The van der Waals surface area contributed by atoms with Crippen LogP contribution in [0.1, 0.15) is 110 Å². The van der Waals surface area contributed by atoms with Gasteiger partial charge in [0.2, 0.25) is 0 Å². The van der Waals surface area contributed by atoms with Gasteiger partial charge in [0.1, 0.15) is 42.0 Å². The Hall–Kier alpha value is -5.86. The summed E-state index contributed by atoms with van der Waals surface area (Å²) in [6.45, 7) is 9.76. The summed E-state index contributed by atoms with van der Waals surface area (Å²) in [7, 11) is 0. The number of alkyl carbamates (subject to hydrolysis) is 1. The molecule has 0 bridgehead atoms. The van der Waals surface area contributed by atoms with Crippen molar-refractivity contribution in [2.24, 2.45) is 0 Å². The van der Waals surface area contributed by atoms with Crippen LogP contribution in [-0.4, -0.2) is 41.6 Å². The molecule has 4 aromatic rings. The Balaban J connectivity index is 0.000000346. The second-order valence-electron chi connectivity index (χ2n) is 18.2. The molecule has 2 atom stereocenters. The molecule has 0 radical (unpaired) electrons. The van der Waals surface area contributed by atoms with E-state index in [4.69, 9.17) is 18.9 Å². The monoisotopic (exact) mass is 1030 g/mol. The summed E-state index contributed by atoms with van der Waals surface area (Å²) in [5, 5.41) is 5.63. The number of nitrogens with one attached hydrogen (secondary N) is 2. The van der Waals surface area contributed by atoms with Crippen molar-refractivity contribution in [1.82, 2.24) is 5.32 Å². The van der Waals surface area contributed by atoms with Crippen molar-refractivity contribution in [2.45, 2.75) is 128 Å². The predicted octanol–water partition coefficient (Wildman–Crippen LogP) is 13.2. The number of alkyl halides is 12. The van der Waals surface area contributed by atoms with Gasteiger partial charge in [-0.1, -0.05) is 6.07 Å². The Morgan fingerprint density at radius 2 is 1.04 bits per heavy atom. The Labute approximate surface area is 401 Å². The number of ketones is 1.